The van der Waals surface area contributed by atoms with Gasteiger partial charge in [0.25, 0.3) is 0 Å². The molecule has 3 rings (SSSR count). The van der Waals surface area contributed by atoms with Crippen LogP contribution in [0, 0.1) is 13.8 Å². The van der Waals surface area contributed by atoms with E-state index in [9.17, 15) is 0 Å². The Morgan fingerprint density at radius 2 is 1.85 bits per heavy atom. The van der Waals surface area contributed by atoms with Crippen molar-refractivity contribution in [3.63, 3.8) is 0 Å². The van der Waals surface area contributed by atoms with Crippen LogP contribution in [-0.2, 0) is 0 Å². The second-order valence-electron chi connectivity index (χ2n) is 5.83. The lowest BCUT2D eigenvalue weighted by atomic mass is 10.2. The predicted octanol–water partition coefficient (Wildman–Crippen LogP) is 5.18. The second-order valence-corrected chi connectivity index (χ2v) is 7.16. The molecule has 2 N–H and O–H groups in total. The lowest BCUT2D eigenvalue weighted by molar-refractivity contribution is 0.963. The molecule has 0 bridgehead atoms. The topological polar surface area (TPSA) is 41.4 Å². The number of halogens is 1. The molecule has 0 atom stereocenters. The minimum absolute atomic E-state index is 0.452. The van der Waals surface area contributed by atoms with Crippen molar-refractivity contribution < 1.29 is 0 Å². The monoisotopic (exact) mass is 426 g/mol. The molecule has 3 aromatic rings. The summed E-state index contributed by atoms with van der Waals surface area (Å²) in [5.74, 6) is 0. The molecule has 0 saturated carbocycles. The van der Waals surface area contributed by atoms with Crippen LogP contribution in [-0.4, -0.2) is 15.9 Å². The van der Waals surface area contributed by atoms with Crippen molar-refractivity contribution in [2.45, 2.75) is 13.8 Å². The third kappa shape index (κ3) is 4.39. The van der Waals surface area contributed by atoms with Crippen molar-refractivity contribution in [2.75, 3.05) is 5.32 Å². The van der Waals surface area contributed by atoms with E-state index in [1.165, 1.54) is 0 Å². The standard InChI is InChI=1S/C20H19BrN4S/c1-14-11-16(15(2)25(14)19-10-6-7-17(21)12-19)13-22-24-20(26)23-18-8-4-3-5-9-18/h3-13H,1-2H3,(H2,23,24,26)/b22-13-. The van der Waals surface area contributed by atoms with E-state index < -0.39 is 0 Å². The number of nitrogens with one attached hydrogen (secondary N) is 2. The van der Waals surface area contributed by atoms with Crippen LogP contribution in [0.4, 0.5) is 5.69 Å². The first-order valence-corrected chi connectivity index (χ1v) is 9.35. The maximum atomic E-state index is 5.26. The summed E-state index contributed by atoms with van der Waals surface area (Å²) in [6.45, 7) is 4.16. The van der Waals surface area contributed by atoms with Crippen LogP contribution in [0.15, 0.2) is 70.2 Å². The highest BCUT2D eigenvalue weighted by atomic mass is 79.9. The van der Waals surface area contributed by atoms with Gasteiger partial charge in [-0.05, 0) is 62.5 Å². The number of nitrogens with zero attached hydrogens (tertiary/aromatic N) is 2. The number of benzene rings is 2. The summed E-state index contributed by atoms with van der Waals surface area (Å²) < 4.78 is 3.25. The largest absolute Gasteiger partial charge is 0.331 e. The van der Waals surface area contributed by atoms with E-state index in [4.69, 9.17) is 12.2 Å². The van der Waals surface area contributed by atoms with E-state index in [1.54, 1.807) is 6.21 Å². The molecule has 6 heteroatoms. The fourth-order valence-electron chi connectivity index (χ4n) is 2.77. The Labute approximate surface area is 167 Å². The molecule has 0 radical (unpaired) electrons. The molecule has 0 aliphatic rings. The van der Waals surface area contributed by atoms with Crippen molar-refractivity contribution in [1.29, 1.82) is 0 Å². The van der Waals surface area contributed by atoms with Crippen LogP contribution < -0.4 is 10.7 Å². The van der Waals surface area contributed by atoms with Gasteiger partial charge in [-0.3, -0.25) is 5.43 Å². The number of hydrazone groups is 1. The highest BCUT2D eigenvalue weighted by Gasteiger charge is 2.09. The molecule has 0 spiro atoms. The molecule has 132 valence electrons. The number of hydrogen-bond donors (Lipinski definition) is 2. The van der Waals surface area contributed by atoms with Gasteiger partial charge in [0.05, 0.1) is 6.21 Å². The number of aryl methyl sites for hydroxylation is 1. The smallest absolute Gasteiger partial charge is 0.191 e. The fourth-order valence-corrected chi connectivity index (χ4v) is 3.33. The number of hydrogen-bond acceptors (Lipinski definition) is 2. The van der Waals surface area contributed by atoms with E-state index in [1.807, 2.05) is 42.5 Å². The molecule has 0 unspecified atom stereocenters. The predicted molar refractivity (Wildman–Crippen MR) is 116 cm³/mol. The van der Waals surface area contributed by atoms with Crippen LogP contribution in [0.5, 0.6) is 0 Å². The SMILES string of the molecule is Cc1cc(/C=N\NC(=S)Nc2ccccc2)c(C)n1-c1cccc(Br)c1. The summed E-state index contributed by atoms with van der Waals surface area (Å²) >= 11 is 8.79. The third-order valence-electron chi connectivity index (χ3n) is 3.94. The van der Waals surface area contributed by atoms with E-state index in [0.29, 0.717) is 5.11 Å². The average Bonchev–Trinajstić information content (AvgIpc) is 2.89. The maximum absolute atomic E-state index is 5.26. The van der Waals surface area contributed by atoms with Gasteiger partial charge in [-0.25, -0.2) is 0 Å². The quantitative estimate of drug-likeness (QED) is 0.343. The van der Waals surface area contributed by atoms with Gasteiger partial charge in [-0.15, -0.1) is 0 Å². The molecular formula is C20H19BrN4S. The first kappa shape index (κ1) is 18.4. The van der Waals surface area contributed by atoms with E-state index in [0.717, 1.165) is 32.8 Å². The molecule has 0 fully saturated rings. The van der Waals surface area contributed by atoms with Crippen LogP contribution >= 0.6 is 28.1 Å². The summed E-state index contributed by atoms with van der Waals surface area (Å²) in [6, 6.07) is 20.1. The number of rotatable bonds is 4. The minimum atomic E-state index is 0.452. The van der Waals surface area contributed by atoms with Crippen LogP contribution in [0.3, 0.4) is 0 Å². The zero-order chi connectivity index (χ0) is 18.5. The number of anilines is 1. The molecule has 2 aromatic carbocycles. The van der Waals surface area contributed by atoms with Crippen molar-refractivity contribution in [1.82, 2.24) is 9.99 Å². The second kappa shape index (κ2) is 8.29. The Bertz CT molecular complexity index is 948. The zero-order valence-electron chi connectivity index (χ0n) is 14.5. The van der Waals surface area contributed by atoms with Gasteiger partial charge in [0.1, 0.15) is 0 Å². The Hall–Kier alpha value is -2.44. The van der Waals surface area contributed by atoms with Crippen LogP contribution in [0.1, 0.15) is 17.0 Å². The zero-order valence-corrected chi connectivity index (χ0v) is 16.9. The van der Waals surface area contributed by atoms with E-state index in [-0.39, 0.29) is 0 Å². The fraction of sp³-hybridized carbons (Fsp3) is 0.100. The Kier molecular flexibility index (Phi) is 5.85. The number of aromatic nitrogens is 1. The van der Waals surface area contributed by atoms with Crippen molar-refractivity contribution in [3.8, 4) is 5.69 Å². The average molecular weight is 427 g/mol. The summed E-state index contributed by atoms with van der Waals surface area (Å²) in [7, 11) is 0. The van der Waals surface area contributed by atoms with Crippen molar-refractivity contribution >= 4 is 45.2 Å². The lowest BCUT2D eigenvalue weighted by Crippen LogP contribution is -2.23. The molecular weight excluding hydrogens is 408 g/mol. The van der Waals surface area contributed by atoms with Crippen molar-refractivity contribution in [3.05, 3.63) is 82.1 Å². The van der Waals surface area contributed by atoms with Gasteiger partial charge in [0, 0.05) is 32.8 Å². The van der Waals surface area contributed by atoms with E-state index >= 15 is 0 Å². The van der Waals surface area contributed by atoms with Gasteiger partial charge >= 0.3 is 0 Å². The van der Waals surface area contributed by atoms with Gasteiger partial charge < -0.3 is 9.88 Å². The summed E-state index contributed by atoms with van der Waals surface area (Å²) in [5.41, 5.74) is 8.20. The summed E-state index contributed by atoms with van der Waals surface area (Å²) in [4.78, 5) is 0. The Morgan fingerprint density at radius 3 is 2.58 bits per heavy atom. The maximum Gasteiger partial charge on any atom is 0.191 e. The molecule has 1 aromatic heterocycles. The highest BCUT2D eigenvalue weighted by Crippen LogP contribution is 2.22. The molecule has 0 aliphatic carbocycles. The molecule has 0 saturated heterocycles. The molecule has 4 nitrogen and oxygen atoms in total. The number of thiocarbonyl (C=S) groups is 1. The first-order valence-electron chi connectivity index (χ1n) is 8.14. The van der Waals surface area contributed by atoms with Gasteiger partial charge in [-0.2, -0.15) is 5.10 Å². The number of para-hydroxylation sites is 1. The molecule has 1 heterocycles. The van der Waals surface area contributed by atoms with Crippen LogP contribution in [0.25, 0.3) is 5.69 Å². The first-order chi connectivity index (χ1) is 12.5. The summed E-state index contributed by atoms with van der Waals surface area (Å²) in [5, 5.41) is 7.80. The van der Waals surface area contributed by atoms with Gasteiger partial charge in [-0.1, -0.05) is 40.2 Å². The van der Waals surface area contributed by atoms with Gasteiger partial charge in [0.2, 0.25) is 0 Å². The summed E-state index contributed by atoms with van der Waals surface area (Å²) in [6.07, 6.45) is 1.79. The third-order valence-corrected chi connectivity index (χ3v) is 4.62. The molecule has 0 aliphatic heterocycles. The normalized spacial score (nSPS) is 10.9. The van der Waals surface area contributed by atoms with Gasteiger partial charge in [0.15, 0.2) is 5.11 Å². The highest BCUT2D eigenvalue weighted by molar-refractivity contribution is 9.10. The Balaban J connectivity index is 1.71. The van der Waals surface area contributed by atoms with Crippen molar-refractivity contribution in [2.24, 2.45) is 5.10 Å². The lowest BCUT2D eigenvalue weighted by Gasteiger charge is -2.10. The molecule has 26 heavy (non-hydrogen) atoms. The minimum Gasteiger partial charge on any atom is -0.331 e. The van der Waals surface area contributed by atoms with E-state index in [2.05, 4.69) is 68.4 Å². The Morgan fingerprint density at radius 1 is 1.08 bits per heavy atom. The molecule has 0 amide bonds. The van der Waals surface area contributed by atoms with Crippen LogP contribution in [0.2, 0.25) is 0 Å².